The molecule has 8 nitrogen and oxygen atoms in total. The van der Waals surface area contributed by atoms with Crippen LogP contribution in [0, 0.1) is 5.82 Å². The Hall–Kier alpha value is -2.01. The Kier molecular flexibility index (Phi) is 4.90. The van der Waals surface area contributed by atoms with Gasteiger partial charge in [-0.25, -0.2) is 13.8 Å². The fraction of sp³-hybridized carbons (Fsp3) is 0.529. The first-order chi connectivity index (χ1) is 13.3. The zero-order valence-corrected chi connectivity index (χ0v) is 15.6. The number of amides is 1. The van der Waals surface area contributed by atoms with Crippen LogP contribution in [-0.2, 0) is 19.8 Å². The summed E-state index contributed by atoms with van der Waals surface area (Å²) in [5, 5.41) is 8.70. The minimum atomic E-state index is -2.07. The molecule has 1 aromatic carbocycles. The van der Waals surface area contributed by atoms with Crippen molar-refractivity contribution in [2.45, 2.75) is 22.8 Å². The SMILES string of the molecule is NC1=N[C@@]2(c3cc(NC(=O)C4CNC(Cl)CN4)ccc3F)COC[C@@]2(F)CO1. The molecule has 4 rings (SSSR count). The molecule has 0 radical (unpaired) electrons. The molecule has 152 valence electrons. The van der Waals surface area contributed by atoms with Crippen LogP contribution in [0.5, 0.6) is 0 Å². The molecule has 2 unspecified atom stereocenters. The summed E-state index contributed by atoms with van der Waals surface area (Å²) in [6.45, 7) is -0.107. The van der Waals surface area contributed by atoms with E-state index in [1.807, 2.05) is 0 Å². The highest BCUT2D eigenvalue weighted by Gasteiger charge is 2.62. The normalized spacial score (nSPS) is 34.9. The number of fused-ring (bicyclic) bond motifs is 1. The van der Waals surface area contributed by atoms with Gasteiger partial charge in [0.15, 0.2) is 11.2 Å². The average molecular weight is 416 g/mol. The lowest BCUT2D eigenvalue weighted by Crippen LogP contribution is -2.57. The molecule has 4 atom stereocenters. The Bertz CT molecular complexity index is 820. The van der Waals surface area contributed by atoms with Crippen LogP contribution in [0.15, 0.2) is 23.2 Å². The molecule has 3 heterocycles. The zero-order valence-electron chi connectivity index (χ0n) is 14.8. The van der Waals surface area contributed by atoms with Crippen molar-refractivity contribution in [3.05, 3.63) is 29.6 Å². The second-order valence-corrected chi connectivity index (χ2v) is 7.60. The third kappa shape index (κ3) is 3.20. The maximum Gasteiger partial charge on any atom is 0.283 e. The first kappa shape index (κ1) is 19.3. The first-order valence-corrected chi connectivity index (χ1v) is 9.23. The van der Waals surface area contributed by atoms with E-state index in [2.05, 4.69) is 20.9 Å². The van der Waals surface area contributed by atoms with Gasteiger partial charge >= 0.3 is 0 Å². The summed E-state index contributed by atoms with van der Waals surface area (Å²) in [5.74, 6) is -0.998. The third-order valence-corrected chi connectivity index (χ3v) is 5.52. The molecular formula is C17H20ClF2N5O3. The molecule has 0 saturated carbocycles. The number of hydrogen-bond donors (Lipinski definition) is 4. The van der Waals surface area contributed by atoms with Crippen molar-refractivity contribution in [3.63, 3.8) is 0 Å². The Morgan fingerprint density at radius 3 is 2.89 bits per heavy atom. The lowest BCUT2D eigenvalue weighted by Gasteiger charge is -2.38. The highest BCUT2D eigenvalue weighted by atomic mass is 35.5. The van der Waals surface area contributed by atoms with E-state index in [4.69, 9.17) is 26.8 Å². The lowest BCUT2D eigenvalue weighted by atomic mass is 9.78. The number of nitrogens with two attached hydrogens (primary N) is 1. The van der Waals surface area contributed by atoms with E-state index in [0.29, 0.717) is 18.8 Å². The van der Waals surface area contributed by atoms with Crippen LogP contribution >= 0.6 is 11.6 Å². The molecule has 0 aromatic heterocycles. The summed E-state index contributed by atoms with van der Waals surface area (Å²) in [5.41, 5.74) is 1.91. The highest BCUT2D eigenvalue weighted by molar-refractivity contribution is 6.20. The Morgan fingerprint density at radius 2 is 2.14 bits per heavy atom. The summed E-state index contributed by atoms with van der Waals surface area (Å²) >= 11 is 5.92. The largest absolute Gasteiger partial charge is 0.462 e. The quantitative estimate of drug-likeness (QED) is 0.414. The number of rotatable bonds is 3. The van der Waals surface area contributed by atoms with Gasteiger partial charge in [-0.3, -0.25) is 10.1 Å². The maximum absolute atomic E-state index is 15.5. The molecule has 2 saturated heterocycles. The highest BCUT2D eigenvalue weighted by Crippen LogP contribution is 2.48. The summed E-state index contributed by atoms with van der Waals surface area (Å²) in [6, 6.07) is 3.17. The number of nitrogens with one attached hydrogen (secondary N) is 3. The summed E-state index contributed by atoms with van der Waals surface area (Å²) < 4.78 is 40.5. The van der Waals surface area contributed by atoms with E-state index in [1.165, 1.54) is 12.1 Å². The number of anilines is 1. The van der Waals surface area contributed by atoms with Crippen molar-refractivity contribution in [1.29, 1.82) is 0 Å². The molecule has 3 aliphatic heterocycles. The molecule has 0 bridgehead atoms. The number of carbonyl (C=O) groups is 1. The van der Waals surface area contributed by atoms with E-state index in [0.717, 1.165) is 6.07 Å². The van der Waals surface area contributed by atoms with Gasteiger partial charge in [-0.1, -0.05) is 0 Å². The molecule has 2 fully saturated rings. The summed E-state index contributed by atoms with van der Waals surface area (Å²) in [6.07, 6.45) is 0. The fourth-order valence-electron chi connectivity index (χ4n) is 3.66. The summed E-state index contributed by atoms with van der Waals surface area (Å²) in [4.78, 5) is 16.6. The predicted octanol–water partition coefficient (Wildman–Crippen LogP) is 0.169. The van der Waals surface area contributed by atoms with Gasteiger partial charge in [0.2, 0.25) is 5.91 Å². The van der Waals surface area contributed by atoms with Crippen LogP contribution in [0.25, 0.3) is 0 Å². The minimum absolute atomic E-state index is 0.0490. The zero-order chi connectivity index (χ0) is 19.9. The number of alkyl halides is 2. The number of benzene rings is 1. The van der Waals surface area contributed by atoms with Crippen LogP contribution in [0.2, 0.25) is 0 Å². The minimum Gasteiger partial charge on any atom is -0.462 e. The van der Waals surface area contributed by atoms with Crippen LogP contribution in [0.3, 0.4) is 0 Å². The Morgan fingerprint density at radius 1 is 1.32 bits per heavy atom. The molecule has 1 amide bonds. The molecule has 28 heavy (non-hydrogen) atoms. The van der Waals surface area contributed by atoms with Crippen molar-refractivity contribution in [2.75, 3.05) is 38.2 Å². The number of halogens is 3. The lowest BCUT2D eigenvalue weighted by molar-refractivity contribution is -0.118. The second-order valence-electron chi connectivity index (χ2n) is 7.08. The van der Waals surface area contributed by atoms with Gasteiger partial charge in [-0.05, 0) is 18.2 Å². The number of nitrogens with zero attached hydrogens (tertiary/aromatic N) is 1. The van der Waals surface area contributed by atoms with E-state index in [9.17, 15) is 9.18 Å². The van der Waals surface area contributed by atoms with E-state index in [-0.39, 0.29) is 36.2 Å². The first-order valence-electron chi connectivity index (χ1n) is 8.79. The monoisotopic (exact) mass is 415 g/mol. The van der Waals surface area contributed by atoms with Crippen LogP contribution < -0.4 is 21.7 Å². The Labute approximate surface area is 164 Å². The summed E-state index contributed by atoms with van der Waals surface area (Å²) in [7, 11) is 0. The smallest absolute Gasteiger partial charge is 0.283 e. The van der Waals surface area contributed by atoms with Gasteiger partial charge in [0.25, 0.3) is 6.02 Å². The van der Waals surface area contributed by atoms with Gasteiger partial charge in [0.05, 0.1) is 24.8 Å². The maximum atomic E-state index is 15.5. The van der Waals surface area contributed by atoms with Crippen LogP contribution in [-0.4, -0.2) is 62.1 Å². The molecular weight excluding hydrogens is 396 g/mol. The van der Waals surface area contributed by atoms with Gasteiger partial charge in [0, 0.05) is 24.3 Å². The van der Waals surface area contributed by atoms with Gasteiger partial charge in [0.1, 0.15) is 12.4 Å². The van der Waals surface area contributed by atoms with Crippen molar-refractivity contribution in [1.82, 2.24) is 10.6 Å². The molecule has 3 aliphatic rings. The van der Waals surface area contributed by atoms with E-state index in [1.54, 1.807) is 0 Å². The molecule has 11 heteroatoms. The van der Waals surface area contributed by atoms with Crippen molar-refractivity contribution in [3.8, 4) is 0 Å². The molecule has 5 N–H and O–H groups in total. The predicted molar refractivity (Wildman–Crippen MR) is 98.4 cm³/mol. The number of amidine groups is 1. The van der Waals surface area contributed by atoms with Crippen molar-refractivity contribution >= 4 is 29.2 Å². The van der Waals surface area contributed by atoms with E-state index < -0.39 is 29.7 Å². The van der Waals surface area contributed by atoms with E-state index >= 15 is 4.39 Å². The number of ether oxygens (including phenoxy) is 2. The van der Waals surface area contributed by atoms with Crippen molar-refractivity contribution in [2.24, 2.45) is 10.7 Å². The second kappa shape index (κ2) is 7.11. The van der Waals surface area contributed by atoms with Gasteiger partial charge in [-0.15, -0.1) is 11.6 Å². The number of carbonyl (C=O) groups excluding carboxylic acids is 1. The molecule has 1 aromatic rings. The van der Waals surface area contributed by atoms with Crippen LogP contribution in [0.4, 0.5) is 14.5 Å². The molecule has 0 aliphatic carbocycles. The average Bonchev–Trinajstić information content (AvgIpc) is 3.01. The number of aliphatic imine (C=N–C) groups is 1. The van der Waals surface area contributed by atoms with Crippen LogP contribution in [0.1, 0.15) is 5.56 Å². The standard InChI is InChI=1S/C17H20ClF2N5O3/c18-13-5-22-12(4-23-13)14(26)24-9-1-2-11(19)10(3-9)17-8-27-6-16(17,20)7-28-15(21)25-17/h1-3,12-13,22-23H,4-8H2,(H2,21,25)(H,24,26)/t12?,13?,16-,17-/m1/s1. The number of piperazine rings is 1. The fourth-order valence-corrected chi connectivity index (χ4v) is 3.84. The van der Waals surface area contributed by atoms with Crippen molar-refractivity contribution < 1.29 is 23.0 Å². The Balaban J connectivity index is 1.63. The number of hydrogen-bond acceptors (Lipinski definition) is 7. The topological polar surface area (TPSA) is 110 Å². The third-order valence-electron chi connectivity index (χ3n) is 5.22. The van der Waals surface area contributed by atoms with Gasteiger partial charge < -0.3 is 25.8 Å². The molecule has 0 spiro atoms. The van der Waals surface area contributed by atoms with Gasteiger partial charge in [-0.2, -0.15) is 0 Å².